The number of nitrogens with two attached hydrogens (primary N) is 2. The number of rotatable bonds is 2. The van der Waals surface area contributed by atoms with Crippen molar-refractivity contribution in [1.29, 1.82) is 0 Å². The fourth-order valence-electron chi connectivity index (χ4n) is 1.74. The van der Waals surface area contributed by atoms with Gasteiger partial charge in [-0.1, -0.05) is 25.3 Å². The highest BCUT2D eigenvalue weighted by molar-refractivity contribution is 5.03. The Morgan fingerprint density at radius 1 is 1.27 bits per heavy atom. The molecule has 1 rings (SSSR count). The molecule has 0 heterocycles. The van der Waals surface area contributed by atoms with E-state index in [9.17, 15) is 0 Å². The minimum Gasteiger partial charge on any atom is -0.402 e. The molecular formula is C9H18N2. The maximum absolute atomic E-state index is 5.84. The second-order valence-electron chi connectivity index (χ2n) is 3.27. The smallest absolute Gasteiger partial charge is 0.0126 e. The average Bonchev–Trinajstić information content (AvgIpc) is 2.07. The molecule has 0 aliphatic heterocycles. The van der Waals surface area contributed by atoms with Crippen molar-refractivity contribution in [2.24, 2.45) is 17.4 Å². The molecule has 0 aromatic rings. The van der Waals surface area contributed by atoms with Gasteiger partial charge >= 0.3 is 0 Å². The maximum atomic E-state index is 5.84. The van der Waals surface area contributed by atoms with Gasteiger partial charge in [0.2, 0.25) is 0 Å². The second-order valence-corrected chi connectivity index (χ2v) is 3.27. The van der Waals surface area contributed by atoms with Crippen molar-refractivity contribution < 1.29 is 0 Å². The molecule has 0 bridgehead atoms. The van der Waals surface area contributed by atoms with E-state index in [1.54, 1.807) is 0 Å². The van der Waals surface area contributed by atoms with Crippen molar-refractivity contribution in [2.75, 3.05) is 6.54 Å². The summed E-state index contributed by atoms with van der Waals surface area (Å²) in [5, 5.41) is 0. The summed E-state index contributed by atoms with van der Waals surface area (Å²) in [7, 11) is 0. The Kier molecular flexibility index (Phi) is 3.43. The van der Waals surface area contributed by atoms with Crippen molar-refractivity contribution in [3.05, 3.63) is 11.8 Å². The van der Waals surface area contributed by atoms with Crippen LogP contribution >= 0.6 is 0 Å². The van der Waals surface area contributed by atoms with Crippen LogP contribution in [-0.2, 0) is 0 Å². The lowest BCUT2D eigenvalue weighted by atomic mass is 9.87. The maximum Gasteiger partial charge on any atom is 0.0126 e. The summed E-state index contributed by atoms with van der Waals surface area (Å²) >= 11 is 0. The first-order chi connectivity index (χ1) is 5.34. The van der Waals surface area contributed by atoms with E-state index in [0.29, 0.717) is 12.5 Å². The SMILES string of the molecule is NCC=C(N)C1CCCCC1. The molecule has 0 amide bonds. The summed E-state index contributed by atoms with van der Waals surface area (Å²) in [5.41, 5.74) is 12.2. The molecule has 1 aliphatic rings. The van der Waals surface area contributed by atoms with Gasteiger partial charge < -0.3 is 11.5 Å². The predicted octanol–water partition coefficient (Wildman–Crippen LogP) is 1.37. The molecule has 2 nitrogen and oxygen atoms in total. The van der Waals surface area contributed by atoms with Gasteiger partial charge in [-0.05, 0) is 18.8 Å². The molecule has 0 saturated heterocycles. The minimum absolute atomic E-state index is 0.586. The summed E-state index contributed by atoms with van der Waals surface area (Å²) in [4.78, 5) is 0. The fourth-order valence-corrected chi connectivity index (χ4v) is 1.74. The van der Waals surface area contributed by atoms with Gasteiger partial charge in [-0.2, -0.15) is 0 Å². The summed E-state index contributed by atoms with van der Waals surface area (Å²) in [6, 6.07) is 0. The Bertz CT molecular complexity index is 134. The van der Waals surface area contributed by atoms with Crippen LogP contribution < -0.4 is 11.5 Å². The van der Waals surface area contributed by atoms with E-state index in [-0.39, 0.29) is 0 Å². The molecule has 2 heteroatoms. The molecule has 0 radical (unpaired) electrons. The van der Waals surface area contributed by atoms with Gasteiger partial charge in [-0.3, -0.25) is 0 Å². The molecule has 0 aromatic carbocycles. The zero-order valence-corrected chi connectivity index (χ0v) is 7.05. The lowest BCUT2D eigenvalue weighted by molar-refractivity contribution is 0.399. The third kappa shape index (κ3) is 2.54. The highest BCUT2D eigenvalue weighted by Crippen LogP contribution is 2.26. The summed E-state index contributed by atoms with van der Waals surface area (Å²) in [6.07, 6.45) is 8.54. The molecule has 0 atom stereocenters. The van der Waals surface area contributed by atoms with E-state index in [1.165, 1.54) is 32.1 Å². The van der Waals surface area contributed by atoms with Crippen molar-refractivity contribution >= 4 is 0 Å². The normalized spacial score (nSPS) is 22.1. The van der Waals surface area contributed by atoms with Crippen molar-refractivity contribution in [1.82, 2.24) is 0 Å². The molecule has 64 valence electrons. The second kappa shape index (κ2) is 4.39. The molecule has 11 heavy (non-hydrogen) atoms. The van der Waals surface area contributed by atoms with Crippen LogP contribution in [0.15, 0.2) is 11.8 Å². The molecular weight excluding hydrogens is 136 g/mol. The van der Waals surface area contributed by atoms with Crippen LogP contribution in [-0.4, -0.2) is 6.54 Å². The van der Waals surface area contributed by atoms with Gasteiger partial charge in [0.1, 0.15) is 0 Å². The Morgan fingerprint density at radius 3 is 2.45 bits per heavy atom. The number of allylic oxidation sites excluding steroid dienone is 1. The van der Waals surface area contributed by atoms with Crippen LogP contribution in [0.25, 0.3) is 0 Å². The Morgan fingerprint density at radius 2 is 1.91 bits per heavy atom. The first kappa shape index (κ1) is 8.60. The molecule has 1 aliphatic carbocycles. The Balaban J connectivity index is 2.38. The van der Waals surface area contributed by atoms with E-state index in [2.05, 4.69) is 0 Å². The first-order valence-corrected chi connectivity index (χ1v) is 4.50. The van der Waals surface area contributed by atoms with E-state index in [1.807, 2.05) is 6.08 Å². The summed E-state index contributed by atoms with van der Waals surface area (Å²) < 4.78 is 0. The van der Waals surface area contributed by atoms with E-state index in [4.69, 9.17) is 11.5 Å². The Labute approximate surface area is 68.6 Å². The van der Waals surface area contributed by atoms with E-state index >= 15 is 0 Å². The van der Waals surface area contributed by atoms with Gasteiger partial charge in [0.15, 0.2) is 0 Å². The molecule has 1 saturated carbocycles. The topological polar surface area (TPSA) is 52.0 Å². The number of hydrogen-bond donors (Lipinski definition) is 2. The van der Waals surface area contributed by atoms with E-state index < -0.39 is 0 Å². The van der Waals surface area contributed by atoms with E-state index in [0.717, 1.165) is 5.70 Å². The fraction of sp³-hybridized carbons (Fsp3) is 0.778. The Hall–Kier alpha value is -0.500. The van der Waals surface area contributed by atoms with Crippen molar-refractivity contribution in [3.8, 4) is 0 Å². The zero-order chi connectivity index (χ0) is 8.10. The monoisotopic (exact) mass is 154 g/mol. The van der Waals surface area contributed by atoms with Gasteiger partial charge in [0.05, 0.1) is 0 Å². The molecule has 0 aromatic heterocycles. The highest BCUT2D eigenvalue weighted by Gasteiger charge is 2.14. The molecule has 0 unspecified atom stereocenters. The van der Waals surface area contributed by atoms with Crippen molar-refractivity contribution in [2.45, 2.75) is 32.1 Å². The van der Waals surface area contributed by atoms with Crippen LogP contribution in [0.1, 0.15) is 32.1 Å². The van der Waals surface area contributed by atoms with Gasteiger partial charge in [0.25, 0.3) is 0 Å². The van der Waals surface area contributed by atoms with Crippen LogP contribution in [0.3, 0.4) is 0 Å². The lowest BCUT2D eigenvalue weighted by Gasteiger charge is -2.21. The number of hydrogen-bond acceptors (Lipinski definition) is 2. The lowest BCUT2D eigenvalue weighted by Crippen LogP contribution is -2.16. The van der Waals surface area contributed by atoms with Crippen LogP contribution in [0, 0.1) is 5.92 Å². The highest BCUT2D eigenvalue weighted by atomic mass is 14.6. The average molecular weight is 154 g/mol. The molecule has 0 spiro atoms. The molecule has 4 N–H and O–H groups in total. The predicted molar refractivity (Wildman–Crippen MR) is 47.9 cm³/mol. The van der Waals surface area contributed by atoms with Crippen LogP contribution in [0.5, 0.6) is 0 Å². The van der Waals surface area contributed by atoms with Crippen LogP contribution in [0.4, 0.5) is 0 Å². The molecule has 1 fully saturated rings. The van der Waals surface area contributed by atoms with Gasteiger partial charge in [0, 0.05) is 12.2 Å². The van der Waals surface area contributed by atoms with Gasteiger partial charge in [-0.15, -0.1) is 0 Å². The summed E-state index contributed by atoms with van der Waals surface area (Å²) in [6.45, 7) is 0.586. The van der Waals surface area contributed by atoms with Crippen molar-refractivity contribution in [3.63, 3.8) is 0 Å². The first-order valence-electron chi connectivity index (χ1n) is 4.50. The largest absolute Gasteiger partial charge is 0.402 e. The van der Waals surface area contributed by atoms with Gasteiger partial charge in [-0.25, -0.2) is 0 Å². The quantitative estimate of drug-likeness (QED) is 0.631. The third-order valence-corrected chi connectivity index (χ3v) is 2.43. The summed E-state index contributed by atoms with van der Waals surface area (Å²) in [5.74, 6) is 0.632. The minimum atomic E-state index is 0.586. The standard InChI is InChI=1S/C9H18N2/c10-7-6-9(11)8-4-2-1-3-5-8/h6,8H,1-5,7,10-11H2. The third-order valence-electron chi connectivity index (χ3n) is 2.43. The van der Waals surface area contributed by atoms with Crippen LogP contribution in [0.2, 0.25) is 0 Å². The zero-order valence-electron chi connectivity index (χ0n) is 7.05.